The number of methoxy groups -OCH3 is 2. The van der Waals surface area contributed by atoms with Gasteiger partial charge in [0, 0.05) is 42.1 Å². The van der Waals surface area contributed by atoms with E-state index in [1.165, 1.54) is 53.2 Å². The molecule has 8 nitrogen and oxygen atoms in total. The Hall–Kier alpha value is -4.08. The third-order valence-corrected chi connectivity index (χ3v) is 4.86. The maximum Gasteiger partial charge on any atom is 0.338 e. The lowest BCUT2D eigenvalue weighted by atomic mass is 9.96. The van der Waals surface area contributed by atoms with Crippen LogP contribution < -0.4 is 14.2 Å². The molecule has 0 bridgehead atoms. The highest BCUT2D eigenvalue weighted by Crippen LogP contribution is 2.42. The van der Waals surface area contributed by atoms with E-state index in [0.717, 1.165) is 0 Å². The molecule has 0 fully saturated rings. The fourth-order valence-electron chi connectivity index (χ4n) is 3.07. The zero-order chi connectivity index (χ0) is 27.9. The Balaban J connectivity index is 2.79. The summed E-state index contributed by atoms with van der Waals surface area (Å²) in [6.45, 7) is 14.9. The Labute approximate surface area is 214 Å². The first-order valence-corrected chi connectivity index (χ1v) is 11.0. The molecule has 0 amide bonds. The lowest BCUT2D eigenvalue weighted by Gasteiger charge is -2.19. The number of halogens is 1. The quantitative estimate of drug-likeness (QED) is 0.229. The van der Waals surface area contributed by atoms with Gasteiger partial charge in [0.15, 0.2) is 11.6 Å². The number of carbonyl (C=O) groups excluding carboxylic acids is 3. The molecule has 196 valence electrons. The minimum Gasteiger partial charge on any atom is -0.423 e. The van der Waals surface area contributed by atoms with Crippen molar-refractivity contribution in [1.82, 2.24) is 0 Å². The van der Waals surface area contributed by atoms with Crippen molar-refractivity contribution in [3.8, 4) is 28.4 Å². The molecule has 0 heterocycles. The molecule has 0 aliphatic rings. The molecule has 2 aromatic carbocycles. The maximum atomic E-state index is 16.1. The Bertz CT molecular complexity index is 1280. The summed E-state index contributed by atoms with van der Waals surface area (Å²) in [4.78, 5) is 36.6. The summed E-state index contributed by atoms with van der Waals surface area (Å²) in [5.74, 6) is -4.11. The number of hydrogen-bond donors (Lipinski definition) is 0. The van der Waals surface area contributed by atoms with E-state index < -0.39 is 29.5 Å². The molecule has 0 saturated carbocycles. The molecule has 2 aromatic rings. The lowest BCUT2D eigenvalue weighted by molar-refractivity contribution is -0.132. The van der Waals surface area contributed by atoms with Gasteiger partial charge < -0.3 is 23.7 Å². The minimum atomic E-state index is -0.983. The minimum absolute atomic E-state index is 0.00478. The predicted molar refractivity (Wildman–Crippen MR) is 135 cm³/mol. The van der Waals surface area contributed by atoms with Gasteiger partial charge in [0.1, 0.15) is 5.75 Å². The van der Waals surface area contributed by atoms with Crippen LogP contribution in [0.3, 0.4) is 0 Å². The van der Waals surface area contributed by atoms with Crippen molar-refractivity contribution in [2.45, 2.75) is 34.0 Å². The smallest absolute Gasteiger partial charge is 0.338 e. The highest BCUT2D eigenvalue weighted by Gasteiger charge is 2.26. The van der Waals surface area contributed by atoms with Gasteiger partial charge in [-0.05, 0) is 50.1 Å². The molecule has 0 aliphatic heterocycles. The molecule has 2 rings (SSSR count). The molecule has 0 aromatic heterocycles. The van der Waals surface area contributed by atoms with Crippen LogP contribution in [-0.2, 0) is 37.1 Å². The Morgan fingerprint density at radius 1 is 0.730 bits per heavy atom. The second-order valence-electron chi connectivity index (χ2n) is 8.25. The fraction of sp³-hybridized carbons (Fsp3) is 0.250. The number of hydrogen-bond acceptors (Lipinski definition) is 8. The van der Waals surface area contributed by atoms with Crippen molar-refractivity contribution in [2.75, 3.05) is 14.2 Å². The highest BCUT2D eigenvalue weighted by molar-refractivity contribution is 5.92. The summed E-state index contributed by atoms with van der Waals surface area (Å²) >= 11 is 0. The first-order valence-electron chi connectivity index (χ1n) is 11.0. The summed E-state index contributed by atoms with van der Waals surface area (Å²) in [5, 5.41) is 0. The van der Waals surface area contributed by atoms with Crippen LogP contribution >= 0.6 is 0 Å². The van der Waals surface area contributed by atoms with Gasteiger partial charge in [-0.25, -0.2) is 18.8 Å². The van der Waals surface area contributed by atoms with Crippen molar-refractivity contribution in [1.29, 1.82) is 0 Å². The van der Waals surface area contributed by atoms with Crippen LogP contribution in [0.5, 0.6) is 17.2 Å². The Morgan fingerprint density at radius 3 is 1.73 bits per heavy atom. The average Bonchev–Trinajstić information content (AvgIpc) is 2.82. The first-order chi connectivity index (χ1) is 17.4. The van der Waals surface area contributed by atoms with E-state index in [0.29, 0.717) is 11.1 Å². The van der Waals surface area contributed by atoms with E-state index in [1.807, 2.05) is 0 Å². The molecular weight excluding hydrogens is 483 g/mol. The van der Waals surface area contributed by atoms with Crippen LogP contribution in [0.4, 0.5) is 4.39 Å². The molecular formula is C28H29FO8. The summed E-state index contributed by atoms with van der Waals surface area (Å²) in [6, 6.07) is 5.90. The Morgan fingerprint density at radius 2 is 1.22 bits per heavy atom. The number of rotatable bonds is 11. The van der Waals surface area contributed by atoms with Crippen molar-refractivity contribution >= 4 is 17.9 Å². The van der Waals surface area contributed by atoms with Gasteiger partial charge in [-0.3, -0.25) is 0 Å². The largest absolute Gasteiger partial charge is 0.423 e. The summed E-state index contributed by atoms with van der Waals surface area (Å²) in [5.41, 5.74) is 1.33. The second kappa shape index (κ2) is 12.8. The lowest BCUT2D eigenvalue weighted by Crippen LogP contribution is -2.15. The third kappa shape index (κ3) is 7.22. The molecule has 0 atom stereocenters. The molecule has 0 radical (unpaired) electrons. The van der Waals surface area contributed by atoms with Crippen molar-refractivity contribution in [3.05, 3.63) is 77.7 Å². The van der Waals surface area contributed by atoms with E-state index in [1.54, 1.807) is 6.07 Å². The number of esters is 3. The molecule has 37 heavy (non-hydrogen) atoms. The van der Waals surface area contributed by atoms with E-state index in [-0.39, 0.29) is 52.6 Å². The van der Waals surface area contributed by atoms with Crippen molar-refractivity contribution in [3.63, 3.8) is 0 Å². The van der Waals surface area contributed by atoms with Gasteiger partial charge in [-0.2, -0.15) is 0 Å². The van der Waals surface area contributed by atoms with E-state index in [4.69, 9.17) is 23.7 Å². The number of carbonyl (C=O) groups is 3. The predicted octanol–water partition coefficient (Wildman–Crippen LogP) is 5.23. The van der Waals surface area contributed by atoms with Crippen LogP contribution in [0, 0.1) is 5.82 Å². The van der Waals surface area contributed by atoms with E-state index in [2.05, 4.69) is 19.7 Å². The van der Waals surface area contributed by atoms with Crippen LogP contribution in [0.1, 0.15) is 31.9 Å². The van der Waals surface area contributed by atoms with Crippen molar-refractivity contribution < 1.29 is 42.5 Å². The SMILES string of the molecule is C=C(C)C(=O)Oc1ccc(-c2c(COC)cc(OC(=O)C(=C)C)c(OC(=O)C(=C)C)c2F)cc1COC. The summed E-state index contributed by atoms with van der Waals surface area (Å²) in [6.07, 6.45) is 0. The average molecular weight is 513 g/mol. The zero-order valence-corrected chi connectivity index (χ0v) is 21.5. The van der Waals surface area contributed by atoms with Gasteiger partial charge in [-0.15, -0.1) is 0 Å². The highest BCUT2D eigenvalue weighted by atomic mass is 19.1. The van der Waals surface area contributed by atoms with Crippen LogP contribution in [0.25, 0.3) is 11.1 Å². The standard InChI is InChI=1S/C28H29FO8/c1-15(2)26(30)35-21-10-9-18(11-19(21)13-33-7)23-20(14-34-8)12-22(36-27(31)16(3)4)25(24(23)29)37-28(32)17(5)6/h9-12H,1,3,5,13-14H2,2,4,6-8H3. The van der Waals surface area contributed by atoms with Crippen molar-refractivity contribution in [2.24, 2.45) is 0 Å². The zero-order valence-electron chi connectivity index (χ0n) is 21.5. The van der Waals surface area contributed by atoms with Gasteiger partial charge >= 0.3 is 17.9 Å². The molecule has 9 heteroatoms. The topological polar surface area (TPSA) is 97.4 Å². The van der Waals surface area contributed by atoms with Crippen LogP contribution in [0.2, 0.25) is 0 Å². The van der Waals surface area contributed by atoms with Crippen LogP contribution in [0.15, 0.2) is 60.7 Å². The normalized spacial score (nSPS) is 10.4. The van der Waals surface area contributed by atoms with Gasteiger partial charge in [0.05, 0.1) is 13.2 Å². The second-order valence-corrected chi connectivity index (χ2v) is 8.25. The van der Waals surface area contributed by atoms with E-state index in [9.17, 15) is 14.4 Å². The number of benzene rings is 2. The summed E-state index contributed by atoms with van der Waals surface area (Å²) < 4.78 is 42.4. The molecule has 0 spiro atoms. The Kier molecular flexibility index (Phi) is 10.0. The van der Waals surface area contributed by atoms with Crippen LogP contribution in [-0.4, -0.2) is 32.1 Å². The molecule has 0 N–H and O–H groups in total. The maximum absolute atomic E-state index is 16.1. The van der Waals surface area contributed by atoms with Gasteiger partial charge in [-0.1, -0.05) is 25.8 Å². The van der Waals surface area contributed by atoms with E-state index >= 15 is 4.39 Å². The summed E-state index contributed by atoms with van der Waals surface area (Å²) in [7, 11) is 2.86. The van der Waals surface area contributed by atoms with Gasteiger partial charge in [0.2, 0.25) is 5.75 Å². The first kappa shape index (κ1) is 29.2. The molecule has 0 unspecified atom stereocenters. The molecule has 0 saturated heterocycles. The number of ether oxygens (including phenoxy) is 5. The third-order valence-electron chi connectivity index (χ3n) is 4.86. The fourth-order valence-corrected chi connectivity index (χ4v) is 3.07. The van der Waals surface area contributed by atoms with Gasteiger partial charge in [0.25, 0.3) is 0 Å². The molecule has 0 aliphatic carbocycles. The monoisotopic (exact) mass is 512 g/mol.